The Hall–Kier alpha value is -2.28. The summed E-state index contributed by atoms with van der Waals surface area (Å²) >= 11 is 5.93. The van der Waals surface area contributed by atoms with Crippen LogP contribution in [-0.2, 0) is 9.59 Å². The molecule has 3 rings (SSSR count). The fourth-order valence-electron chi connectivity index (χ4n) is 2.46. The molecule has 1 aromatic carbocycles. The Balaban J connectivity index is 2.07. The van der Waals surface area contributed by atoms with Gasteiger partial charge >= 0.3 is 6.03 Å². The second kappa shape index (κ2) is 4.11. The van der Waals surface area contributed by atoms with Gasteiger partial charge in [0.25, 0.3) is 11.8 Å². The van der Waals surface area contributed by atoms with Crippen molar-refractivity contribution >= 4 is 40.8 Å². The number of likely N-dealkylation sites (N-methyl/N-ethyl adjacent to an activating group) is 1. The molecule has 0 aliphatic carbocycles. The molecular formula is C12H11ClN4O3. The smallest absolute Gasteiger partial charge is 0.328 e. The van der Waals surface area contributed by atoms with Crippen LogP contribution in [0.15, 0.2) is 18.2 Å². The Morgan fingerprint density at radius 3 is 2.50 bits per heavy atom. The molecule has 0 saturated carbocycles. The number of nitrogens with zero attached hydrogens (tertiary/aromatic N) is 1. The number of hydrogen-bond acceptors (Lipinski definition) is 5. The van der Waals surface area contributed by atoms with E-state index in [1.54, 1.807) is 30.1 Å². The second-order valence-corrected chi connectivity index (χ2v) is 5.22. The van der Waals surface area contributed by atoms with Crippen molar-refractivity contribution in [2.45, 2.75) is 5.54 Å². The van der Waals surface area contributed by atoms with Crippen LogP contribution in [0, 0.1) is 0 Å². The van der Waals surface area contributed by atoms with E-state index in [0.29, 0.717) is 10.7 Å². The molecule has 2 aliphatic rings. The molecule has 20 heavy (non-hydrogen) atoms. The molecule has 8 heteroatoms. The first-order chi connectivity index (χ1) is 9.42. The Morgan fingerprint density at radius 2 is 1.85 bits per heavy atom. The van der Waals surface area contributed by atoms with E-state index in [-0.39, 0.29) is 6.54 Å². The van der Waals surface area contributed by atoms with Gasteiger partial charge in [-0.1, -0.05) is 11.6 Å². The molecule has 2 aliphatic heterocycles. The molecule has 2 heterocycles. The van der Waals surface area contributed by atoms with Crippen molar-refractivity contribution < 1.29 is 14.4 Å². The van der Waals surface area contributed by atoms with Crippen molar-refractivity contribution in [3.8, 4) is 0 Å². The van der Waals surface area contributed by atoms with Gasteiger partial charge in [-0.3, -0.25) is 20.2 Å². The van der Waals surface area contributed by atoms with Crippen LogP contribution in [0.2, 0.25) is 5.02 Å². The number of halogens is 1. The van der Waals surface area contributed by atoms with Crippen molar-refractivity contribution in [1.29, 1.82) is 0 Å². The van der Waals surface area contributed by atoms with Crippen LogP contribution >= 0.6 is 11.6 Å². The van der Waals surface area contributed by atoms with E-state index >= 15 is 0 Å². The van der Waals surface area contributed by atoms with Crippen molar-refractivity contribution in [3.63, 3.8) is 0 Å². The van der Waals surface area contributed by atoms with Crippen molar-refractivity contribution in [3.05, 3.63) is 23.2 Å². The zero-order valence-corrected chi connectivity index (χ0v) is 11.2. The number of barbiturate groups is 1. The predicted molar refractivity (Wildman–Crippen MR) is 72.8 cm³/mol. The maximum absolute atomic E-state index is 12.1. The Bertz CT molecular complexity index is 626. The average molecular weight is 295 g/mol. The SMILES string of the molecule is CN1CC2(Nc3cc(Cl)ccc31)C(=O)NC(=O)NC2=O. The molecule has 0 unspecified atom stereocenters. The van der Waals surface area contributed by atoms with Gasteiger partial charge in [-0.2, -0.15) is 0 Å². The van der Waals surface area contributed by atoms with Crippen molar-refractivity contribution in [2.75, 3.05) is 23.8 Å². The molecule has 0 radical (unpaired) electrons. The van der Waals surface area contributed by atoms with Crippen LogP contribution in [0.5, 0.6) is 0 Å². The van der Waals surface area contributed by atoms with Gasteiger partial charge in [-0.05, 0) is 18.2 Å². The summed E-state index contributed by atoms with van der Waals surface area (Å²) in [5.41, 5.74) is -0.163. The molecule has 0 aromatic heterocycles. The first-order valence-electron chi connectivity index (χ1n) is 5.88. The zero-order chi connectivity index (χ0) is 14.5. The molecule has 3 N–H and O–H groups in total. The van der Waals surface area contributed by atoms with E-state index in [1.807, 2.05) is 0 Å². The third kappa shape index (κ3) is 1.70. The number of amides is 4. The summed E-state index contributed by atoms with van der Waals surface area (Å²) in [6.45, 7) is 0.104. The number of urea groups is 1. The third-order valence-corrected chi connectivity index (χ3v) is 3.66. The highest BCUT2D eigenvalue weighted by atomic mass is 35.5. The number of hydrogen-bond donors (Lipinski definition) is 3. The van der Waals surface area contributed by atoms with Crippen LogP contribution in [0.25, 0.3) is 0 Å². The number of carbonyl (C=O) groups excluding carboxylic acids is 3. The van der Waals surface area contributed by atoms with Crippen LogP contribution in [0.4, 0.5) is 16.2 Å². The van der Waals surface area contributed by atoms with Gasteiger partial charge in [0, 0.05) is 12.1 Å². The zero-order valence-electron chi connectivity index (χ0n) is 10.5. The average Bonchev–Trinajstić information content (AvgIpc) is 2.35. The molecule has 1 spiro atoms. The lowest BCUT2D eigenvalue weighted by atomic mass is 9.91. The molecule has 0 bridgehead atoms. The summed E-state index contributed by atoms with van der Waals surface area (Å²) in [5, 5.41) is 7.59. The van der Waals surface area contributed by atoms with Gasteiger partial charge in [0.15, 0.2) is 0 Å². The number of nitrogens with one attached hydrogen (secondary N) is 3. The maximum atomic E-state index is 12.1. The summed E-state index contributed by atoms with van der Waals surface area (Å²) in [5.74, 6) is -1.35. The van der Waals surface area contributed by atoms with E-state index < -0.39 is 23.4 Å². The number of rotatable bonds is 0. The van der Waals surface area contributed by atoms with Gasteiger partial charge in [0.05, 0.1) is 17.9 Å². The molecule has 104 valence electrons. The second-order valence-electron chi connectivity index (χ2n) is 4.79. The molecule has 1 saturated heterocycles. The number of carbonyl (C=O) groups is 3. The number of anilines is 2. The minimum Gasteiger partial charge on any atom is -0.369 e. The minimum atomic E-state index is -1.54. The highest BCUT2D eigenvalue weighted by Gasteiger charge is 2.53. The van der Waals surface area contributed by atoms with Crippen LogP contribution in [0.1, 0.15) is 0 Å². The Morgan fingerprint density at radius 1 is 1.20 bits per heavy atom. The quantitative estimate of drug-likeness (QED) is 0.599. The van der Waals surface area contributed by atoms with E-state index in [0.717, 1.165) is 5.69 Å². The summed E-state index contributed by atoms with van der Waals surface area (Å²) in [4.78, 5) is 37.2. The monoisotopic (exact) mass is 294 g/mol. The predicted octanol–water partition coefficient (Wildman–Crippen LogP) is 0.306. The van der Waals surface area contributed by atoms with E-state index in [9.17, 15) is 14.4 Å². The summed E-state index contributed by atoms with van der Waals surface area (Å²) in [7, 11) is 1.76. The van der Waals surface area contributed by atoms with Gasteiger partial charge in [-0.25, -0.2) is 4.79 Å². The maximum Gasteiger partial charge on any atom is 0.328 e. The van der Waals surface area contributed by atoms with Crippen molar-refractivity contribution in [1.82, 2.24) is 10.6 Å². The molecule has 0 atom stereocenters. The van der Waals surface area contributed by atoms with Gasteiger partial charge in [-0.15, -0.1) is 0 Å². The lowest BCUT2D eigenvalue weighted by molar-refractivity contribution is -0.136. The first-order valence-corrected chi connectivity index (χ1v) is 6.26. The van der Waals surface area contributed by atoms with E-state index in [4.69, 9.17) is 11.6 Å². The lowest BCUT2D eigenvalue weighted by Gasteiger charge is -2.43. The van der Waals surface area contributed by atoms with Crippen LogP contribution < -0.4 is 20.9 Å². The first kappa shape index (κ1) is 12.7. The Labute approximate surface area is 119 Å². The van der Waals surface area contributed by atoms with E-state index in [1.165, 1.54) is 0 Å². The summed E-state index contributed by atoms with van der Waals surface area (Å²) in [6.07, 6.45) is 0. The molecule has 1 fully saturated rings. The fraction of sp³-hybridized carbons (Fsp3) is 0.250. The van der Waals surface area contributed by atoms with Crippen LogP contribution in [-0.4, -0.2) is 37.0 Å². The Kier molecular flexibility index (Phi) is 2.62. The number of imide groups is 2. The minimum absolute atomic E-state index is 0.104. The number of benzene rings is 1. The largest absolute Gasteiger partial charge is 0.369 e. The molecule has 4 amide bonds. The van der Waals surface area contributed by atoms with Gasteiger partial charge in [0.2, 0.25) is 5.54 Å². The highest BCUT2D eigenvalue weighted by molar-refractivity contribution is 6.31. The van der Waals surface area contributed by atoms with Gasteiger partial charge in [0.1, 0.15) is 0 Å². The molecule has 1 aromatic rings. The lowest BCUT2D eigenvalue weighted by Crippen LogP contribution is -2.74. The van der Waals surface area contributed by atoms with Crippen LogP contribution in [0.3, 0.4) is 0 Å². The third-order valence-electron chi connectivity index (χ3n) is 3.42. The van der Waals surface area contributed by atoms with E-state index in [2.05, 4.69) is 16.0 Å². The molecule has 7 nitrogen and oxygen atoms in total. The summed E-state index contributed by atoms with van der Waals surface area (Å²) < 4.78 is 0. The highest BCUT2D eigenvalue weighted by Crippen LogP contribution is 2.36. The summed E-state index contributed by atoms with van der Waals surface area (Å²) in [6, 6.07) is 4.33. The standard InChI is InChI=1S/C12H11ClN4O3/c1-17-5-12(9(18)14-11(20)15-10(12)19)16-7-4-6(13)2-3-8(7)17/h2-4,16H,5H2,1H3,(H2,14,15,18,19,20). The van der Waals surface area contributed by atoms with Crippen molar-refractivity contribution in [2.24, 2.45) is 0 Å². The fourth-order valence-corrected chi connectivity index (χ4v) is 2.63. The number of fused-ring (bicyclic) bond motifs is 1. The topological polar surface area (TPSA) is 90.5 Å². The molecular weight excluding hydrogens is 284 g/mol. The van der Waals surface area contributed by atoms with Gasteiger partial charge < -0.3 is 10.2 Å². The normalized spacial score (nSPS) is 20.1.